The summed E-state index contributed by atoms with van der Waals surface area (Å²) >= 11 is 0. The standard InChI is InChI=1S/C10H11F2NO/c1-6-4-3-5-8(7(6)2)13-10(14)9(11)12/h3-5,9H,1-2H3,(H,13,14). The van der Waals surface area contributed by atoms with Gasteiger partial charge in [-0.3, -0.25) is 4.79 Å². The van der Waals surface area contributed by atoms with Gasteiger partial charge in [0.1, 0.15) is 0 Å². The monoisotopic (exact) mass is 199 g/mol. The van der Waals surface area contributed by atoms with Gasteiger partial charge in [0, 0.05) is 5.69 Å². The van der Waals surface area contributed by atoms with E-state index in [2.05, 4.69) is 5.32 Å². The number of aryl methyl sites for hydroxylation is 1. The molecular weight excluding hydrogens is 188 g/mol. The second kappa shape index (κ2) is 4.17. The summed E-state index contributed by atoms with van der Waals surface area (Å²) in [6.45, 7) is 3.63. The number of hydrogen-bond acceptors (Lipinski definition) is 1. The molecule has 0 saturated carbocycles. The molecule has 0 unspecified atom stereocenters. The van der Waals surface area contributed by atoms with E-state index in [-0.39, 0.29) is 0 Å². The molecule has 1 amide bonds. The van der Waals surface area contributed by atoms with Gasteiger partial charge in [-0.05, 0) is 31.0 Å². The zero-order valence-corrected chi connectivity index (χ0v) is 7.97. The number of carbonyl (C=O) groups excluding carboxylic acids is 1. The van der Waals surface area contributed by atoms with Gasteiger partial charge in [-0.15, -0.1) is 0 Å². The van der Waals surface area contributed by atoms with Crippen LogP contribution >= 0.6 is 0 Å². The molecule has 0 aromatic heterocycles. The SMILES string of the molecule is Cc1cccc(NC(=O)C(F)F)c1C. The molecule has 0 aliphatic heterocycles. The lowest BCUT2D eigenvalue weighted by molar-refractivity contribution is -0.126. The van der Waals surface area contributed by atoms with Crippen LogP contribution in [0.4, 0.5) is 14.5 Å². The summed E-state index contributed by atoms with van der Waals surface area (Å²) in [4.78, 5) is 10.7. The Labute approximate surface area is 80.9 Å². The highest BCUT2D eigenvalue weighted by molar-refractivity contribution is 5.93. The highest BCUT2D eigenvalue weighted by atomic mass is 19.3. The van der Waals surface area contributed by atoms with Crippen LogP contribution in [0, 0.1) is 13.8 Å². The van der Waals surface area contributed by atoms with Crippen molar-refractivity contribution in [1.29, 1.82) is 0 Å². The number of carbonyl (C=O) groups is 1. The molecule has 0 radical (unpaired) electrons. The first kappa shape index (κ1) is 10.6. The topological polar surface area (TPSA) is 29.1 Å². The number of alkyl halides is 2. The summed E-state index contributed by atoms with van der Waals surface area (Å²) in [5, 5.41) is 2.16. The van der Waals surface area contributed by atoms with Crippen LogP contribution in [0.5, 0.6) is 0 Å². The van der Waals surface area contributed by atoms with E-state index < -0.39 is 12.3 Å². The Kier molecular flexibility index (Phi) is 3.17. The predicted octanol–water partition coefficient (Wildman–Crippen LogP) is 2.51. The van der Waals surface area contributed by atoms with Gasteiger partial charge in [0.15, 0.2) is 0 Å². The number of rotatable bonds is 2. The lowest BCUT2D eigenvalue weighted by atomic mass is 10.1. The highest BCUT2D eigenvalue weighted by Gasteiger charge is 2.15. The van der Waals surface area contributed by atoms with Gasteiger partial charge in [0.25, 0.3) is 5.91 Å². The van der Waals surface area contributed by atoms with Crippen LogP contribution in [0.1, 0.15) is 11.1 Å². The quantitative estimate of drug-likeness (QED) is 0.779. The van der Waals surface area contributed by atoms with Gasteiger partial charge in [-0.25, -0.2) is 0 Å². The Morgan fingerprint density at radius 1 is 1.36 bits per heavy atom. The van der Waals surface area contributed by atoms with Crippen LogP contribution in [0.3, 0.4) is 0 Å². The lowest BCUT2D eigenvalue weighted by Gasteiger charge is -2.09. The van der Waals surface area contributed by atoms with Crippen molar-refractivity contribution < 1.29 is 13.6 Å². The molecule has 1 N–H and O–H groups in total. The molecule has 0 fully saturated rings. The zero-order valence-electron chi connectivity index (χ0n) is 7.97. The summed E-state index contributed by atoms with van der Waals surface area (Å²) in [7, 11) is 0. The first-order valence-corrected chi connectivity index (χ1v) is 4.17. The molecule has 0 aliphatic rings. The summed E-state index contributed by atoms with van der Waals surface area (Å²) in [6.07, 6.45) is -2.98. The van der Waals surface area contributed by atoms with Gasteiger partial charge >= 0.3 is 6.43 Å². The maximum atomic E-state index is 11.9. The Bertz CT molecular complexity index is 350. The van der Waals surface area contributed by atoms with Crippen molar-refractivity contribution in [1.82, 2.24) is 0 Å². The predicted molar refractivity (Wildman–Crippen MR) is 50.5 cm³/mol. The van der Waals surface area contributed by atoms with Crippen LogP contribution < -0.4 is 5.32 Å². The third kappa shape index (κ3) is 2.28. The van der Waals surface area contributed by atoms with Gasteiger partial charge in [-0.1, -0.05) is 12.1 Å². The molecule has 1 aromatic rings. The molecule has 0 saturated heterocycles. The fourth-order valence-corrected chi connectivity index (χ4v) is 1.07. The number of halogens is 2. The summed E-state index contributed by atoms with van der Waals surface area (Å²) in [5.74, 6) is -1.27. The minimum absolute atomic E-state index is 0.440. The van der Waals surface area contributed by atoms with Crippen LogP contribution in [0.25, 0.3) is 0 Å². The Morgan fingerprint density at radius 2 is 2.00 bits per heavy atom. The largest absolute Gasteiger partial charge is 0.321 e. The van der Waals surface area contributed by atoms with Crippen LogP contribution in [0.15, 0.2) is 18.2 Å². The maximum Gasteiger partial charge on any atom is 0.315 e. The Balaban J connectivity index is 2.87. The van der Waals surface area contributed by atoms with Crippen molar-refractivity contribution >= 4 is 11.6 Å². The first-order chi connectivity index (χ1) is 6.52. The molecule has 0 atom stereocenters. The smallest absolute Gasteiger partial charge is 0.315 e. The Morgan fingerprint density at radius 3 is 2.57 bits per heavy atom. The molecule has 4 heteroatoms. The van der Waals surface area contributed by atoms with Crippen molar-refractivity contribution in [3.05, 3.63) is 29.3 Å². The third-order valence-electron chi connectivity index (χ3n) is 2.06. The lowest BCUT2D eigenvalue weighted by Crippen LogP contribution is -2.20. The molecule has 1 aromatic carbocycles. The van der Waals surface area contributed by atoms with E-state index in [4.69, 9.17) is 0 Å². The summed E-state index contributed by atoms with van der Waals surface area (Å²) in [5.41, 5.74) is 2.20. The van der Waals surface area contributed by atoms with Crippen molar-refractivity contribution in [2.24, 2.45) is 0 Å². The molecule has 0 bridgehead atoms. The van der Waals surface area contributed by atoms with E-state index in [0.29, 0.717) is 5.69 Å². The summed E-state index contributed by atoms with van der Waals surface area (Å²) < 4.78 is 23.9. The number of benzene rings is 1. The second-order valence-electron chi connectivity index (χ2n) is 3.04. The molecule has 0 aliphatic carbocycles. The molecule has 14 heavy (non-hydrogen) atoms. The minimum atomic E-state index is -2.98. The van der Waals surface area contributed by atoms with Gasteiger partial charge in [-0.2, -0.15) is 8.78 Å². The van der Waals surface area contributed by atoms with Crippen LogP contribution in [0.2, 0.25) is 0 Å². The number of hydrogen-bond donors (Lipinski definition) is 1. The molecular formula is C10H11F2NO. The number of anilines is 1. The van der Waals surface area contributed by atoms with Gasteiger partial charge in [0.2, 0.25) is 0 Å². The third-order valence-corrected chi connectivity index (χ3v) is 2.06. The highest BCUT2D eigenvalue weighted by Crippen LogP contribution is 2.18. The zero-order chi connectivity index (χ0) is 10.7. The normalized spacial score (nSPS) is 10.4. The average molecular weight is 199 g/mol. The van der Waals surface area contributed by atoms with E-state index in [1.54, 1.807) is 19.1 Å². The second-order valence-corrected chi connectivity index (χ2v) is 3.04. The fraction of sp³-hybridized carbons (Fsp3) is 0.300. The van der Waals surface area contributed by atoms with Crippen molar-refractivity contribution in [3.63, 3.8) is 0 Å². The molecule has 0 heterocycles. The Hall–Kier alpha value is -1.45. The number of nitrogens with one attached hydrogen (secondary N) is 1. The van der Waals surface area contributed by atoms with E-state index in [0.717, 1.165) is 11.1 Å². The minimum Gasteiger partial charge on any atom is -0.321 e. The van der Waals surface area contributed by atoms with Crippen LogP contribution in [-0.2, 0) is 4.79 Å². The van der Waals surface area contributed by atoms with Crippen molar-refractivity contribution in [2.75, 3.05) is 5.32 Å². The summed E-state index contributed by atoms with van der Waals surface area (Å²) in [6, 6.07) is 5.17. The van der Waals surface area contributed by atoms with E-state index >= 15 is 0 Å². The fourth-order valence-electron chi connectivity index (χ4n) is 1.07. The van der Waals surface area contributed by atoms with E-state index in [1.165, 1.54) is 0 Å². The maximum absolute atomic E-state index is 11.9. The molecule has 0 spiro atoms. The molecule has 1 rings (SSSR count). The molecule has 2 nitrogen and oxygen atoms in total. The van der Waals surface area contributed by atoms with Crippen LogP contribution in [-0.4, -0.2) is 12.3 Å². The number of amides is 1. The van der Waals surface area contributed by atoms with Crippen molar-refractivity contribution in [3.8, 4) is 0 Å². The van der Waals surface area contributed by atoms with Crippen molar-refractivity contribution in [2.45, 2.75) is 20.3 Å². The first-order valence-electron chi connectivity index (χ1n) is 4.17. The van der Waals surface area contributed by atoms with E-state index in [1.807, 2.05) is 13.0 Å². The average Bonchev–Trinajstić information content (AvgIpc) is 2.12. The molecule has 76 valence electrons. The van der Waals surface area contributed by atoms with Gasteiger partial charge < -0.3 is 5.32 Å². The van der Waals surface area contributed by atoms with E-state index in [9.17, 15) is 13.6 Å². The van der Waals surface area contributed by atoms with Gasteiger partial charge in [0.05, 0.1) is 0 Å².